The van der Waals surface area contributed by atoms with Gasteiger partial charge in [0.25, 0.3) is 5.91 Å². The average molecular weight is 419 g/mol. The Labute approximate surface area is 179 Å². The van der Waals surface area contributed by atoms with Gasteiger partial charge in [-0.15, -0.1) is 11.3 Å². The summed E-state index contributed by atoms with van der Waals surface area (Å²) in [7, 11) is 0. The molecule has 3 heterocycles. The van der Waals surface area contributed by atoms with Crippen molar-refractivity contribution in [2.24, 2.45) is 0 Å². The highest BCUT2D eigenvalue weighted by Gasteiger charge is 2.55. The molecule has 2 aromatic carbocycles. The molecular formula is C24H24N3O2S+. The van der Waals surface area contributed by atoms with E-state index in [0.29, 0.717) is 6.67 Å². The Hall–Kier alpha value is -2.96. The highest BCUT2D eigenvalue weighted by Crippen LogP contribution is 2.35. The summed E-state index contributed by atoms with van der Waals surface area (Å²) in [6.45, 7) is 3.46. The van der Waals surface area contributed by atoms with E-state index in [1.54, 1.807) is 11.3 Å². The first-order chi connectivity index (χ1) is 14.6. The zero-order chi connectivity index (χ0) is 20.7. The summed E-state index contributed by atoms with van der Waals surface area (Å²) in [5.74, 6) is -0.208. The zero-order valence-electron chi connectivity index (χ0n) is 16.8. The SMILES string of the molecule is C[C@@H]1c2ccsc2CC[NH+]1CN1C(=O)NC(c2ccccc2)(c2ccccc2)C1=O. The maximum absolute atomic E-state index is 13.8. The summed E-state index contributed by atoms with van der Waals surface area (Å²) in [4.78, 5) is 31.0. The van der Waals surface area contributed by atoms with Crippen molar-refractivity contribution in [3.8, 4) is 0 Å². The van der Waals surface area contributed by atoms with Crippen LogP contribution in [-0.2, 0) is 16.8 Å². The molecule has 5 rings (SSSR count). The lowest BCUT2D eigenvalue weighted by molar-refractivity contribution is -0.938. The van der Waals surface area contributed by atoms with Crippen LogP contribution in [0.3, 0.4) is 0 Å². The topological polar surface area (TPSA) is 53.9 Å². The fourth-order valence-corrected chi connectivity index (χ4v) is 5.70. The molecule has 0 saturated carbocycles. The van der Waals surface area contributed by atoms with Gasteiger partial charge >= 0.3 is 6.03 Å². The fourth-order valence-electron chi connectivity index (χ4n) is 4.72. The molecule has 0 bridgehead atoms. The highest BCUT2D eigenvalue weighted by atomic mass is 32.1. The van der Waals surface area contributed by atoms with Gasteiger partial charge in [0.1, 0.15) is 6.04 Å². The normalized spacial score (nSPS) is 22.6. The van der Waals surface area contributed by atoms with Gasteiger partial charge in [-0.05, 0) is 29.5 Å². The largest absolute Gasteiger partial charge is 0.330 e. The first-order valence-electron chi connectivity index (χ1n) is 10.3. The molecule has 2 aliphatic heterocycles. The van der Waals surface area contributed by atoms with Crippen LogP contribution < -0.4 is 10.2 Å². The van der Waals surface area contributed by atoms with E-state index in [1.807, 2.05) is 60.7 Å². The van der Waals surface area contributed by atoms with E-state index in [4.69, 9.17) is 0 Å². The number of rotatable bonds is 4. The number of imide groups is 1. The predicted molar refractivity (Wildman–Crippen MR) is 116 cm³/mol. The number of carbonyl (C=O) groups is 2. The predicted octanol–water partition coefficient (Wildman–Crippen LogP) is 2.70. The maximum atomic E-state index is 13.8. The van der Waals surface area contributed by atoms with Crippen LogP contribution in [0.1, 0.15) is 34.5 Å². The van der Waals surface area contributed by atoms with E-state index in [0.717, 1.165) is 24.1 Å². The molecule has 2 aliphatic rings. The smallest absolute Gasteiger partial charge is 0.315 e. The highest BCUT2D eigenvalue weighted by molar-refractivity contribution is 7.10. The number of thiophene rings is 1. The third-order valence-electron chi connectivity index (χ3n) is 6.41. The van der Waals surface area contributed by atoms with Crippen molar-refractivity contribution in [2.75, 3.05) is 13.2 Å². The van der Waals surface area contributed by atoms with Gasteiger partial charge in [-0.3, -0.25) is 4.79 Å². The molecule has 0 aliphatic carbocycles. The van der Waals surface area contributed by atoms with Crippen LogP contribution >= 0.6 is 11.3 Å². The number of fused-ring (bicyclic) bond motifs is 1. The number of benzene rings is 2. The fraction of sp³-hybridized carbons (Fsp3) is 0.250. The number of nitrogens with zero attached hydrogens (tertiary/aromatic N) is 1. The minimum Gasteiger partial charge on any atom is -0.315 e. The maximum Gasteiger partial charge on any atom is 0.330 e. The Morgan fingerprint density at radius 2 is 1.67 bits per heavy atom. The lowest BCUT2D eigenvalue weighted by Crippen LogP contribution is -3.14. The molecule has 3 aromatic rings. The van der Waals surface area contributed by atoms with Crippen LogP contribution in [0, 0.1) is 0 Å². The van der Waals surface area contributed by atoms with Gasteiger partial charge in [-0.1, -0.05) is 60.7 Å². The zero-order valence-corrected chi connectivity index (χ0v) is 17.6. The monoisotopic (exact) mass is 418 g/mol. The van der Waals surface area contributed by atoms with Crippen LogP contribution in [0.4, 0.5) is 4.79 Å². The molecule has 0 radical (unpaired) electrons. The van der Waals surface area contributed by atoms with Gasteiger partial charge in [0.05, 0.1) is 6.54 Å². The summed E-state index contributed by atoms with van der Waals surface area (Å²) >= 11 is 1.80. The molecule has 152 valence electrons. The van der Waals surface area contributed by atoms with Crippen LogP contribution in [0.5, 0.6) is 0 Å². The molecule has 1 unspecified atom stereocenters. The average Bonchev–Trinajstić information content (AvgIpc) is 3.36. The standard InChI is InChI=1S/C24H23N3O2S/c1-17-20-13-15-30-21(20)12-14-26(17)16-27-22(28)24(25-23(27)29,18-8-4-2-5-9-18)19-10-6-3-7-11-19/h2-11,13,15,17H,12,14,16H2,1H3,(H,25,29)/p+1/t17-/m1/s1. The van der Waals surface area contributed by atoms with Crippen molar-refractivity contribution >= 4 is 23.3 Å². The van der Waals surface area contributed by atoms with Gasteiger partial charge in [0.15, 0.2) is 12.2 Å². The summed E-state index contributed by atoms with van der Waals surface area (Å²) in [5.41, 5.74) is 1.70. The van der Waals surface area contributed by atoms with E-state index in [2.05, 4.69) is 23.7 Å². The number of hydrogen-bond acceptors (Lipinski definition) is 3. The van der Waals surface area contributed by atoms with E-state index in [1.165, 1.54) is 20.2 Å². The number of nitrogens with one attached hydrogen (secondary N) is 2. The van der Waals surface area contributed by atoms with Crippen molar-refractivity contribution < 1.29 is 14.5 Å². The van der Waals surface area contributed by atoms with Gasteiger partial charge in [-0.2, -0.15) is 0 Å². The molecule has 6 heteroatoms. The molecule has 2 atom stereocenters. The Morgan fingerprint density at radius 3 is 2.30 bits per heavy atom. The number of quaternary nitrogens is 1. The molecular weight excluding hydrogens is 394 g/mol. The lowest BCUT2D eigenvalue weighted by Gasteiger charge is -2.33. The minimum absolute atomic E-state index is 0.208. The van der Waals surface area contributed by atoms with Gasteiger partial charge in [0.2, 0.25) is 0 Å². The number of amides is 3. The van der Waals surface area contributed by atoms with Crippen molar-refractivity contribution in [3.05, 3.63) is 93.7 Å². The molecule has 5 nitrogen and oxygen atoms in total. The second-order valence-corrected chi connectivity index (χ2v) is 8.98. The van der Waals surface area contributed by atoms with E-state index in [-0.39, 0.29) is 18.0 Å². The number of carbonyl (C=O) groups excluding carboxylic acids is 2. The molecule has 2 N–H and O–H groups in total. The van der Waals surface area contributed by atoms with E-state index in [9.17, 15) is 9.59 Å². The Balaban J connectivity index is 1.50. The third kappa shape index (κ3) is 2.87. The molecule has 3 amide bonds. The Bertz CT molecular complexity index is 1040. The van der Waals surface area contributed by atoms with Crippen molar-refractivity contribution in [1.82, 2.24) is 10.2 Å². The molecule has 1 aromatic heterocycles. The quantitative estimate of drug-likeness (QED) is 0.640. The lowest BCUT2D eigenvalue weighted by atomic mass is 9.83. The van der Waals surface area contributed by atoms with Gasteiger partial charge in [0, 0.05) is 16.9 Å². The summed E-state index contributed by atoms with van der Waals surface area (Å²) < 4.78 is 0. The summed E-state index contributed by atoms with van der Waals surface area (Å²) in [6.07, 6.45) is 0.985. The van der Waals surface area contributed by atoms with Crippen LogP contribution in [0.2, 0.25) is 0 Å². The Morgan fingerprint density at radius 1 is 1.03 bits per heavy atom. The first-order valence-corrected chi connectivity index (χ1v) is 11.1. The summed E-state index contributed by atoms with van der Waals surface area (Å²) in [6, 6.07) is 21.2. The van der Waals surface area contributed by atoms with Crippen molar-refractivity contribution in [2.45, 2.75) is 24.9 Å². The molecule has 1 saturated heterocycles. The molecule has 0 spiro atoms. The molecule has 1 fully saturated rings. The summed E-state index contributed by atoms with van der Waals surface area (Å²) in [5, 5.41) is 5.18. The van der Waals surface area contributed by atoms with Crippen LogP contribution in [0.25, 0.3) is 0 Å². The number of hydrogen-bond donors (Lipinski definition) is 2. The van der Waals surface area contributed by atoms with E-state index >= 15 is 0 Å². The van der Waals surface area contributed by atoms with Crippen LogP contribution in [-0.4, -0.2) is 30.1 Å². The van der Waals surface area contributed by atoms with Crippen molar-refractivity contribution in [1.29, 1.82) is 0 Å². The second kappa shape index (κ2) is 7.38. The van der Waals surface area contributed by atoms with E-state index < -0.39 is 5.54 Å². The van der Waals surface area contributed by atoms with Crippen molar-refractivity contribution in [3.63, 3.8) is 0 Å². The van der Waals surface area contributed by atoms with Gasteiger partial charge in [-0.25, -0.2) is 9.69 Å². The van der Waals surface area contributed by atoms with Crippen LogP contribution in [0.15, 0.2) is 72.1 Å². The third-order valence-corrected chi connectivity index (χ3v) is 7.41. The molecule has 30 heavy (non-hydrogen) atoms. The minimum atomic E-state index is -1.19. The second-order valence-electron chi connectivity index (χ2n) is 7.98. The van der Waals surface area contributed by atoms with Gasteiger partial charge < -0.3 is 10.2 Å². The first kappa shape index (κ1) is 19.0. The number of urea groups is 1. The Kier molecular flexibility index (Phi) is 4.68.